The van der Waals surface area contributed by atoms with Gasteiger partial charge in [-0.1, -0.05) is 11.6 Å². The van der Waals surface area contributed by atoms with Crippen molar-refractivity contribution in [2.45, 2.75) is 45.3 Å². The highest BCUT2D eigenvalue weighted by molar-refractivity contribution is 6.33. The number of benzene rings is 1. The molecule has 1 aromatic carbocycles. The number of nitrogens with two attached hydrogens (primary N) is 1. The molecule has 0 unspecified atom stereocenters. The van der Waals surface area contributed by atoms with Crippen LogP contribution in [0.5, 0.6) is 5.75 Å². The summed E-state index contributed by atoms with van der Waals surface area (Å²) >= 11 is 6.16. The van der Waals surface area contributed by atoms with Gasteiger partial charge < -0.3 is 25.6 Å². The number of piperazine rings is 1. The third-order valence-electron chi connectivity index (χ3n) is 8.47. The molecule has 3 aromatic heterocycles. The Hall–Kier alpha value is -4.77. The molecular weight excluding hydrogens is 667 g/mol. The van der Waals surface area contributed by atoms with Crippen LogP contribution in [-0.2, 0) is 24.3 Å². The van der Waals surface area contributed by atoms with Crippen LogP contribution in [0.25, 0.3) is 22.2 Å². The van der Waals surface area contributed by atoms with Crippen LogP contribution < -0.4 is 21.5 Å². The number of aryl methyl sites for hydroxylation is 1. The van der Waals surface area contributed by atoms with Gasteiger partial charge in [0, 0.05) is 62.0 Å². The summed E-state index contributed by atoms with van der Waals surface area (Å²) in [4.78, 5) is 50.6. The van der Waals surface area contributed by atoms with Gasteiger partial charge in [0.25, 0.3) is 17.9 Å². The van der Waals surface area contributed by atoms with Crippen LogP contribution in [0.3, 0.4) is 0 Å². The molecule has 4 N–H and O–H groups in total. The second-order valence-electron chi connectivity index (χ2n) is 11.6. The van der Waals surface area contributed by atoms with Gasteiger partial charge in [-0.05, 0) is 19.4 Å². The van der Waals surface area contributed by atoms with Crippen LogP contribution in [0, 0.1) is 17.6 Å². The Morgan fingerprint density at radius 1 is 1.12 bits per heavy atom. The van der Waals surface area contributed by atoms with Gasteiger partial charge in [-0.25, -0.2) is 23.1 Å². The number of alkyl halides is 2. The summed E-state index contributed by atoms with van der Waals surface area (Å²) in [7, 11) is 0. The van der Waals surface area contributed by atoms with E-state index in [1.807, 2.05) is 0 Å². The van der Waals surface area contributed by atoms with Gasteiger partial charge >= 0.3 is 0 Å². The Bertz CT molecular complexity index is 2040. The van der Waals surface area contributed by atoms with Crippen molar-refractivity contribution in [3.05, 3.63) is 62.7 Å². The zero-order chi connectivity index (χ0) is 34.6. The van der Waals surface area contributed by atoms with Gasteiger partial charge in [-0.2, -0.15) is 8.78 Å². The number of fused-ring (bicyclic) bond motifs is 2. The van der Waals surface area contributed by atoms with E-state index >= 15 is 4.39 Å². The summed E-state index contributed by atoms with van der Waals surface area (Å²) in [6.45, 7) is 1.91. The Morgan fingerprint density at radius 2 is 1.88 bits per heavy atom. The van der Waals surface area contributed by atoms with Gasteiger partial charge in [-0.15, -0.1) is 0 Å². The first-order chi connectivity index (χ1) is 22.7. The lowest BCUT2D eigenvalue weighted by atomic mass is 10.0. The Morgan fingerprint density at radius 3 is 2.56 bits per heavy atom. The second kappa shape index (κ2) is 12.7. The number of rotatable bonds is 8. The molecule has 1 saturated heterocycles. The highest BCUT2D eigenvalue weighted by Gasteiger charge is 2.30. The normalized spacial score (nSPS) is 16.6. The molecule has 12 nitrogen and oxygen atoms in total. The number of nitrogens with one attached hydrogen (secondary N) is 1. The number of phenols is 1. The third-order valence-corrected chi connectivity index (χ3v) is 8.83. The smallest absolute Gasteiger partial charge is 0.263 e. The first kappa shape index (κ1) is 33.1. The molecule has 254 valence electrons. The average molecular weight is 695 g/mol. The standard InChI is InChI=1S/C30H28ClF5N8O4/c1-13-9-41(11-18(32)33)5-6-43(13)20-8-17(23(31)27(36)39-20)38-21(45)12-42-10-16(14-7-15(28(37)47)26(46)25(35)24(14)34)22-29(42)40-19-3-2-4-44(19)30(22)48/h7-8,10,13,18,46H,2-6,9,11-12H2,1H3,(H2,37,47)(H,38,39,45)/t13-/m0/s1. The molecule has 2 amide bonds. The Kier molecular flexibility index (Phi) is 8.76. The zero-order valence-corrected chi connectivity index (χ0v) is 26.0. The molecule has 18 heteroatoms. The summed E-state index contributed by atoms with van der Waals surface area (Å²) in [6, 6.07) is 1.83. The van der Waals surface area contributed by atoms with E-state index in [1.54, 1.807) is 16.7 Å². The molecule has 4 aromatic rings. The average Bonchev–Trinajstić information content (AvgIpc) is 3.63. The molecule has 1 fully saturated rings. The molecular formula is C30H28ClF5N8O4. The fourth-order valence-electron chi connectivity index (χ4n) is 6.26. The molecule has 0 bridgehead atoms. The number of aromatic nitrogens is 4. The van der Waals surface area contributed by atoms with Crippen LogP contribution in [0.1, 0.15) is 29.5 Å². The summed E-state index contributed by atoms with van der Waals surface area (Å²) in [6.07, 6.45) is -0.300. The molecule has 0 spiro atoms. The molecule has 0 saturated carbocycles. The fraction of sp³-hybridized carbons (Fsp3) is 0.367. The van der Waals surface area contributed by atoms with Crippen molar-refractivity contribution in [1.29, 1.82) is 0 Å². The quantitative estimate of drug-likeness (QED) is 0.187. The van der Waals surface area contributed by atoms with E-state index in [0.717, 1.165) is 6.07 Å². The van der Waals surface area contributed by atoms with Gasteiger partial charge in [0.05, 0.1) is 23.2 Å². The van der Waals surface area contributed by atoms with Crippen LogP contribution >= 0.6 is 11.6 Å². The van der Waals surface area contributed by atoms with Crippen LogP contribution in [0.2, 0.25) is 5.02 Å². The van der Waals surface area contributed by atoms with E-state index < -0.39 is 76.4 Å². The number of aromatic hydroxyl groups is 1. The maximum atomic E-state index is 15.3. The number of anilines is 2. The molecule has 6 rings (SSSR count). The Balaban J connectivity index is 1.35. The second-order valence-corrected chi connectivity index (χ2v) is 12.0. The van der Waals surface area contributed by atoms with Crippen LogP contribution in [0.4, 0.5) is 33.5 Å². The number of primary amides is 1. The van der Waals surface area contributed by atoms with E-state index in [1.165, 1.54) is 21.4 Å². The molecule has 1 atom stereocenters. The van der Waals surface area contributed by atoms with Crippen molar-refractivity contribution in [1.82, 2.24) is 24.0 Å². The van der Waals surface area contributed by atoms with Gasteiger partial charge in [0.2, 0.25) is 17.7 Å². The summed E-state index contributed by atoms with van der Waals surface area (Å²) < 4.78 is 73.2. The van der Waals surface area contributed by atoms with Gasteiger partial charge in [-0.3, -0.25) is 23.9 Å². The molecule has 5 heterocycles. The number of nitrogens with zero attached hydrogens (tertiary/aromatic N) is 6. The van der Waals surface area contributed by atoms with Crippen molar-refractivity contribution in [2.75, 3.05) is 36.4 Å². The lowest BCUT2D eigenvalue weighted by Gasteiger charge is -2.40. The largest absolute Gasteiger partial charge is 0.504 e. The predicted molar refractivity (Wildman–Crippen MR) is 165 cm³/mol. The first-order valence-electron chi connectivity index (χ1n) is 14.8. The molecule has 0 radical (unpaired) electrons. The number of hydrogen-bond donors (Lipinski definition) is 3. The number of pyridine rings is 1. The van der Waals surface area contributed by atoms with Crippen molar-refractivity contribution >= 4 is 46.0 Å². The van der Waals surface area contributed by atoms with E-state index in [4.69, 9.17) is 17.3 Å². The predicted octanol–water partition coefficient (Wildman–Crippen LogP) is 3.50. The molecule has 48 heavy (non-hydrogen) atoms. The van der Waals surface area contributed by atoms with Crippen LogP contribution in [-0.4, -0.2) is 79.6 Å². The number of amides is 2. The number of halogens is 6. The van der Waals surface area contributed by atoms with E-state index in [0.29, 0.717) is 25.2 Å². The number of carbonyl (C=O) groups excluding carboxylic acids is 2. The first-order valence-corrected chi connectivity index (χ1v) is 15.2. The molecule has 2 aliphatic heterocycles. The molecule has 0 aliphatic carbocycles. The van der Waals surface area contributed by atoms with Crippen LogP contribution in [0.15, 0.2) is 23.1 Å². The van der Waals surface area contributed by atoms with E-state index in [-0.39, 0.29) is 53.8 Å². The SMILES string of the molecule is C[C@H]1CN(CC(F)F)CCN1c1cc(NC(=O)Cn2cc(-c3cc(C(N)=O)c(O)c(F)c3F)c3c(=O)n4c(nc32)CCC4)c(Cl)c(F)n1. The highest BCUT2D eigenvalue weighted by atomic mass is 35.5. The zero-order valence-electron chi connectivity index (χ0n) is 25.2. The summed E-state index contributed by atoms with van der Waals surface area (Å²) in [5.41, 5.74) is 2.95. The lowest BCUT2D eigenvalue weighted by molar-refractivity contribution is -0.116. The summed E-state index contributed by atoms with van der Waals surface area (Å²) in [5, 5.41) is 11.8. The van der Waals surface area contributed by atoms with Crippen molar-refractivity contribution in [3.8, 4) is 16.9 Å². The van der Waals surface area contributed by atoms with Gasteiger partial charge in [0.1, 0.15) is 28.9 Å². The minimum absolute atomic E-state index is 0.0463. The number of carbonyl (C=O) groups is 2. The fourth-order valence-corrected chi connectivity index (χ4v) is 6.40. The minimum Gasteiger partial charge on any atom is -0.504 e. The van der Waals surface area contributed by atoms with Crippen molar-refractivity contribution < 1.29 is 36.6 Å². The third kappa shape index (κ3) is 5.91. The lowest BCUT2D eigenvalue weighted by Crippen LogP contribution is -2.53. The highest BCUT2D eigenvalue weighted by Crippen LogP contribution is 2.37. The molecule has 2 aliphatic rings. The van der Waals surface area contributed by atoms with Crippen molar-refractivity contribution in [2.24, 2.45) is 5.73 Å². The van der Waals surface area contributed by atoms with E-state index in [2.05, 4.69) is 15.3 Å². The maximum absolute atomic E-state index is 15.3. The monoisotopic (exact) mass is 694 g/mol. The summed E-state index contributed by atoms with van der Waals surface area (Å²) in [5.74, 6) is -7.22. The van der Waals surface area contributed by atoms with Crippen molar-refractivity contribution in [3.63, 3.8) is 0 Å². The Labute approximate surface area is 273 Å². The topological polar surface area (TPSA) is 152 Å². The van der Waals surface area contributed by atoms with E-state index in [9.17, 15) is 37.1 Å². The maximum Gasteiger partial charge on any atom is 0.263 e. The number of hydrogen-bond acceptors (Lipinski definition) is 8. The minimum atomic E-state index is -2.51. The van der Waals surface area contributed by atoms with Gasteiger partial charge in [0.15, 0.2) is 11.6 Å².